The molecule has 0 spiro atoms. The summed E-state index contributed by atoms with van der Waals surface area (Å²) in [4.78, 5) is 2.37. The molecule has 0 aliphatic rings. The van der Waals surface area contributed by atoms with E-state index in [1.807, 2.05) is 0 Å². The van der Waals surface area contributed by atoms with Crippen LogP contribution in [-0.2, 0) is 6.16 Å². The number of anilines is 3. The van der Waals surface area contributed by atoms with Crippen LogP contribution >= 0.6 is 7.26 Å². The van der Waals surface area contributed by atoms with Crippen molar-refractivity contribution in [2.45, 2.75) is 20.0 Å². The fourth-order valence-electron chi connectivity index (χ4n) is 5.92. The van der Waals surface area contributed by atoms with Gasteiger partial charge in [0.1, 0.15) is 0 Å². The van der Waals surface area contributed by atoms with E-state index in [0.29, 0.717) is 0 Å². The van der Waals surface area contributed by atoms with Gasteiger partial charge in [0.2, 0.25) is 0 Å². The van der Waals surface area contributed by atoms with Crippen molar-refractivity contribution in [2.75, 3.05) is 4.90 Å². The Hall–Kier alpha value is -4.45. The summed E-state index contributed by atoms with van der Waals surface area (Å²) in [5.41, 5.74) is 7.36. The molecule has 6 aromatic carbocycles. The van der Waals surface area contributed by atoms with Gasteiger partial charge in [0.15, 0.2) is 0 Å². The number of rotatable bonds is 8. The maximum atomic E-state index is 2.40. The van der Waals surface area contributed by atoms with Gasteiger partial charge in [0.05, 0.1) is 0 Å². The molecule has 0 saturated carbocycles. The topological polar surface area (TPSA) is 3.24 Å². The van der Waals surface area contributed by atoms with Crippen LogP contribution in [0.3, 0.4) is 0 Å². The van der Waals surface area contributed by atoms with Crippen molar-refractivity contribution >= 4 is 40.2 Å². The van der Waals surface area contributed by atoms with Gasteiger partial charge in [-0.2, -0.15) is 0 Å². The van der Waals surface area contributed by atoms with Crippen molar-refractivity contribution in [1.29, 1.82) is 0 Å². The van der Waals surface area contributed by atoms with E-state index in [0.717, 1.165) is 17.5 Å². The first-order valence-corrected chi connectivity index (χ1v) is 16.5. The summed E-state index contributed by atoms with van der Waals surface area (Å²) in [7, 11) is -2.41. The number of hydrogen-bond donors (Lipinski definition) is 0. The molecule has 0 aliphatic carbocycles. The summed E-state index contributed by atoms with van der Waals surface area (Å²) < 4.78 is 0. The predicted molar refractivity (Wildman–Crippen MR) is 181 cm³/mol. The third kappa shape index (κ3) is 5.60. The average Bonchev–Trinajstić information content (AvgIpc) is 3.03. The molecular weight excluding hydrogens is 513 g/mol. The molecule has 0 unspecified atom stereocenters. The van der Waals surface area contributed by atoms with Crippen LogP contribution in [0, 0.1) is 13.8 Å². The number of nitrogens with zero attached hydrogens (tertiary/aromatic N) is 1. The zero-order valence-corrected chi connectivity index (χ0v) is 24.7. The zero-order chi connectivity index (χ0) is 28.1. The van der Waals surface area contributed by atoms with Gasteiger partial charge in [0, 0.05) is 0 Å². The van der Waals surface area contributed by atoms with Gasteiger partial charge in [-0.05, 0) is 0 Å². The molecule has 0 aromatic heterocycles. The summed E-state index contributed by atoms with van der Waals surface area (Å²) in [6.07, 6.45) is 0.967. The van der Waals surface area contributed by atoms with Crippen molar-refractivity contribution in [2.24, 2.45) is 0 Å². The van der Waals surface area contributed by atoms with Crippen LogP contribution in [0.15, 0.2) is 164 Å². The Morgan fingerprint density at radius 1 is 0.415 bits per heavy atom. The standard InChI is InChI=1S/C39H36NP/c1-31-21-25-34(26-22-31)40(35-27-23-32(2)24-28-35)36-14-12-13-33(29-36)30-41(37-15-6-3-7-16-37,38-17-8-4-9-18-38)39-19-10-5-11-20-39/h3-29,41H,30H2,1-2H3. The normalized spacial score (nSPS) is 11.7. The SMILES string of the molecule is Cc1ccc(N(c2ccc(C)cc2)c2cccc(C[PH](c3ccccc3)(c3ccccc3)c3ccccc3)c2)cc1. The van der Waals surface area contributed by atoms with E-state index in [1.54, 1.807) is 0 Å². The molecule has 0 aliphatic heterocycles. The summed E-state index contributed by atoms with van der Waals surface area (Å²) >= 11 is 0. The van der Waals surface area contributed by atoms with Crippen molar-refractivity contribution in [3.05, 3.63) is 180 Å². The van der Waals surface area contributed by atoms with Gasteiger partial charge in [-0.3, -0.25) is 0 Å². The van der Waals surface area contributed by atoms with Gasteiger partial charge < -0.3 is 0 Å². The molecule has 0 N–H and O–H groups in total. The molecule has 0 atom stereocenters. The fourth-order valence-corrected chi connectivity index (χ4v) is 10.6. The molecule has 202 valence electrons. The molecule has 6 rings (SSSR count). The zero-order valence-electron chi connectivity index (χ0n) is 23.7. The summed E-state index contributed by atoms with van der Waals surface area (Å²) in [6.45, 7) is 4.28. The molecule has 1 nitrogen and oxygen atoms in total. The minimum atomic E-state index is -2.41. The van der Waals surface area contributed by atoms with Gasteiger partial charge >= 0.3 is 246 Å². The molecule has 0 heterocycles. The molecule has 6 aromatic rings. The monoisotopic (exact) mass is 549 g/mol. The Balaban J connectivity index is 1.52. The van der Waals surface area contributed by atoms with Crippen molar-refractivity contribution in [3.8, 4) is 0 Å². The second-order valence-corrected chi connectivity index (χ2v) is 14.8. The van der Waals surface area contributed by atoms with E-state index in [-0.39, 0.29) is 0 Å². The molecule has 0 fully saturated rings. The molecule has 0 saturated heterocycles. The molecule has 0 bridgehead atoms. The Bertz CT molecular complexity index is 1550. The quantitative estimate of drug-likeness (QED) is 0.171. The Morgan fingerprint density at radius 2 is 0.829 bits per heavy atom. The first-order valence-electron chi connectivity index (χ1n) is 14.3. The van der Waals surface area contributed by atoms with E-state index < -0.39 is 7.26 Å². The van der Waals surface area contributed by atoms with Crippen molar-refractivity contribution < 1.29 is 0 Å². The third-order valence-electron chi connectivity index (χ3n) is 8.02. The first-order chi connectivity index (χ1) is 20.1. The molecule has 0 radical (unpaired) electrons. The van der Waals surface area contributed by atoms with Gasteiger partial charge in [-0.15, -0.1) is 0 Å². The van der Waals surface area contributed by atoms with Crippen LogP contribution in [0.2, 0.25) is 0 Å². The number of benzene rings is 6. The second kappa shape index (κ2) is 12.0. The second-order valence-electron chi connectivity index (χ2n) is 10.9. The van der Waals surface area contributed by atoms with Crippen LogP contribution < -0.4 is 20.8 Å². The number of hydrogen-bond acceptors (Lipinski definition) is 1. The van der Waals surface area contributed by atoms with Crippen LogP contribution in [0.1, 0.15) is 16.7 Å². The van der Waals surface area contributed by atoms with Crippen LogP contribution in [-0.4, -0.2) is 0 Å². The van der Waals surface area contributed by atoms with E-state index in [4.69, 9.17) is 0 Å². The van der Waals surface area contributed by atoms with Crippen molar-refractivity contribution in [1.82, 2.24) is 0 Å². The molecule has 41 heavy (non-hydrogen) atoms. The van der Waals surface area contributed by atoms with Crippen LogP contribution in [0.25, 0.3) is 0 Å². The molecule has 0 amide bonds. The van der Waals surface area contributed by atoms with Crippen molar-refractivity contribution in [3.63, 3.8) is 0 Å². The average molecular weight is 550 g/mol. The number of aryl methyl sites for hydroxylation is 2. The third-order valence-corrected chi connectivity index (χ3v) is 12.9. The Kier molecular flexibility index (Phi) is 7.81. The Labute approximate surface area is 245 Å². The maximum absolute atomic E-state index is 2.41. The predicted octanol–water partition coefficient (Wildman–Crippen LogP) is 9.00. The van der Waals surface area contributed by atoms with E-state index in [1.165, 1.54) is 38.3 Å². The molecule has 2 heteroatoms. The van der Waals surface area contributed by atoms with Gasteiger partial charge in [-0.25, -0.2) is 0 Å². The fraction of sp³-hybridized carbons (Fsp3) is 0.0769. The first kappa shape index (κ1) is 26.8. The Morgan fingerprint density at radius 3 is 1.24 bits per heavy atom. The molecular formula is C39H36NP. The van der Waals surface area contributed by atoms with Crippen LogP contribution in [0.4, 0.5) is 17.1 Å². The van der Waals surface area contributed by atoms with Gasteiger partial charge in [-0.1, -0.05) is 0 Å². The minimum absolute atomic E-state index is 0.967. The summed E-state index contributed by atoms with van der Waals surface area (Å²) in [6, 6.07) is 60.3. The van der Waals surface area contributed by atoms with E-state index >= 15 is 0 Å². The van der Waals surface area contributed by atoms with E-state index in [2.05, 4.69) is 183 Å². The van der Waals surface area contributed by atoms with Gasteiger partial charge in [0.25, 0.3) is 0 Å². The summed E-state index contributed by atoms with van der Waals surface area (Å²) in [5, 5.41) is 4.28. The van der Waals surface area contributed by atoms with Crippen LogP contribution in [0.5, 0.6) is 0 Å². The van der Waals surface area contributed by atoms with E-state index in [9.17, 15) is 0 Å². The summed E-state index contributed by atoms with van der Waals surface area (Å²) in [5.74, 6) is 0.